The summed E-state index contributed by atoms with van der Waals surface area (Å²) in [5.74, 6) is -0.889. The van der Waals surface area contributed by atoms with Crippen LogP contribution in [0.25, 0.3) is 6.08 Å². The van der Waals surface area contributed by atoms with Crippen LogP contribution < -0.4 is 0 Å². The molecule has 0 aliphatic carbocycles. The first-order valence-corrected chi connectivity index (χ1v) is 6.96. The number of halogens is 2. The van der Waals surface area contributed by atoms with Crippen LogP contribution in [-0.2, 0) is 9.84 Å². The van der Waals surface area contributed by atoms with E-state index in [2.05, 4.69) is 0 Å². The lowest BCUT2D eigenvalue weighted by Crippen LogP contribution is -1.95. The molecule has 0 aromatic heterocycles. The summed E-state index contributed by atoms with van der Waals surface area (Å²) >= 11 is 0. The molecule has 0 N–H and O–H groups in total. The van der Waals surface area contributed by atoms with E-state index in [1.165, 1.54) is 42.5 Å². The first-order valence-electron chi connectivity index (χ1n) is 5.42. The van der Waals surface area contributed by atoms with Gasteiger partial charge in [0.1, 0.15) is 11.6 Å². The first kappa shape index (κ1) is 13.4. The van der Waals surface area contributed by atoms with Crippen LogP contribution in [0.15, 0.2) is 58.8 Å². The average Bonchev–Trinajstić information content (AvgIpc) is 2.39. The highest BCUT2D eigenvalue weighted by Gasteiger charge is 2.09. The van der Waals surface area contributed by atoms with Crippen LogP contribution in [-0.4, -0.2) is 8.42 Å². The number of hydrogen-bond donors (Lipinski definition) is 0. The molecule has 2 rings (SSSR count). The molecule has 0 spiro atoms. The second-order valence-electron chi connectivity index (χ2n) is 3.85. The number of sulfone groups is 1. The summed E-state index contributed by atoms with van der Waals surface area (Å²) < 4.78 is 49.2. The summed E-state index contributed by atoms with van der Waals surface area (Å²) in [6.45, 7) is 0. The lowest BCUT2D eigenvalue weighted by Gasteiger charge is -1.99. The second kappa shape index (κ2) is 5.32. The molecular formula is C14H10F2O2S. The van der Waals surface area contributed by atoms with Crippen LogP contribution in [0.1, 0.15) is 5.56 Å². The van der Waals surface area contributed by atoms with Crippen LogP contribution in [0.2, 0.25) is 0 Å². The van der Waals surface area contributed by atoms with Gasteiger partial charge in [0.25, 0.3) is 0 Å². The maximum Gasteiger partial charge on any atom is 0.199 e. The molecule has 0 saturated heterocycles. The van der Waals surface area contributed by atoms with E-state index in [0.29, 0.717) is 5.56 Å². The highest BCUT2D eigenvalue weighted by atomic mass is 32.2. The molecule has 0 aliphatic rings. The Bertz CT molecular complexity index is 687. The van der Waals surface area contributed by atoms with Gasteiger partial charge in [-0.2, -0.15) is 0 Å². The van der Waals surface area contributed by atoms with Crippen molar-refractivity contribution in [2.75, 3.05) is 0 Å². The van der Waals surface area contributed by atoms with E-state index in [1.807, 2.05) is 0 Å². The van der Waals surface area contributed by atoms with Gasteiger partial charge in [-0.1, -0.05) is 12.1 Å². The zero-order valence-electron chi connectivity index (χ0n) is 9.75. The minimum Gasteiger partial charge on any atom is -0.219 e. The summed E-state index contributed by atoms with van der Waals surface area (Å²) in [7, 11) is -3.63. The Hall–Kier alpha value is -2.01. The molecule has 19 heavy (non-hydrogen) atoms. The summed E-state index contributed by atoms with van der Waals surface area (Å²) in [5, 5.41) is 1.01. The monoisotopic (exact) mass is 280 g/mol. The van der Waals surface area contributed by atoms with Crippen molar-refractivity contribution in [3.63, 3.8) is 0 Å². The van der Waals surface area contributed by atoms with Crippen molar-refractivity contribution in [2.45, 2.75) is 4.90 Å². The molecule has 0 bridgehead atoms. The molecule has 5 heteroatoms. The molecule has 0 unspecified atom stereocenters. The quantitative estimate of drug-likeness (QED) is 0.807. The van der Waals surface area contributed by atoms with Crippen LogP contribution in [0.4, 0.5) is 8.78 Å². The summed E-state index contributed by atoms with van der Waals surface area (Å²) in [6.07, 6.45) is 1.36. The maximum absolute atomic E-state index is 12.7. The molecule has 0 aliphatic heterocycles. The van der Waals surface area contributed by atoms with E-state index < -0.39 is 21.5 Å². The van der Waals surface area contributed by atoms with E-state index in [0.717, 1.165) is 17.5 Å². The number of hydrogen-bond acceptors (Lipinski definition) is 2. The van der Waals surface area contributed by atoms with Crippen LogP contribution in [0.5, 0.6) is 0 Å². The third kappa shape index (κ3) is 3.48. The largest absolute Gasteiger partial charge is 0.219 e. The van der Waals surface area contributed by atoms with Crippen molar-refractivity contribution in [3.8, 4) is 0 Å². The van der Waals surface area contributed by atoms with Gasteiger partial charge in [-0.3, -0.25) is 0 Å². The molecule has 2 aromatic carbocycles. The van der Waals surface area contributed by atoms with E-state index >= 15 is 0 Å². The Kier molecular flexibility index (Phi) is 3.76. The zero-order chi connectivity index (χ0) is 13.9. The van der Waals surface area contributed by atoms with Crippen molar-refractivity contribution < 1.29 is 17.2 Å². The molecule has 0 fully saturated rings. The minimum absolute atomic E-state index is 0.00672. The summed E-state index contributed by atoms with van der Waals surface area (Å²) in [6, 6.07) is 9.96. The van der Waals surface area contributed by atoms with Crippen molar-refractivity contribution >= 4 is 15.9 Å². The lowest BCUT2D eigenvalue weighted by atomic mass is 10.2. The van der Waals surface area contributed by atoms with Gasteiger partial charge in [-0.25, -0.2) is 17.2 Å². The Morgan fingerprint density at radius 1 is 0.789 bits per heavy atom. The van der Waals surface area contributed by atoms with Gasteiger partial charge < -0.3 is 0 Å². The third-order valence-electron chi connectivity index (χ3n) is 2.45. The fourth-order valence-corrected chi connectivity index (χ4v) is 2.45. The van der Waals surface area contributed by atoms with Gasteiger partial charge >= 0.3 is 0 Å². The predicted octanol–water partition coefficient (Wildman–Crippen LogP) is 3.41. The van der Waals surface area contributed by atoms with Gasteiger partial charge in [-0.05, 0) is 48.0 Å². The zero-order valence-corrected chi connectivity index (χ0v) is 10.6. The molecule has 2 nitrogen and oxygen atoms in total. The van der Waals surface area contributed by atoms with Crippen LogP contribution in [0.3, 0.4) is 0 Å². The highest BCUT2D eigenvalue weighted by Crippen LogP contribution is 2.14. The number of benzene rings is 2. The number of rotatable bonds is 3. The predicted molar refractivity (Wildman–Crippen MR) is 69.0 cm³/mol. The summed E-state index contributed by atoms with van der Waals surface area (Å²) in [4.78, 5) is 0.00672. The molecule has 0 atom stereocenters. The minimum atomic E-state index is -3.63. The molecule has 0 heterocycles. The SMILES string of the molecule is O=S(=O)(/C=C/c1ccc(F)cc1)c1ccc(F)cc1. The molecule has 0 saturated carbocycles. The van der Waals surface area contributed by atoms with Crippen molar-refractivity contribution in [3.05, 3.63) is 71.1 Å². The Labute approximate surface area is 109 Å². The first-order chi connectivity index (χ1) is 8.97. The molecule has 98 valence electrons. The Morgan fingerprint density at radius 2 is 1.26 bits per heavy atom. The topological polar surface area (TPSA) is 34.1 Å². The maximum atomic E-state index is 12.7. The lowest BCUT2D eigenvalue weighted by molar-refractivity contribution is 0.603. The van der Waals surface area contributed by atoms with Gasteiger partial charge in [0, 0.05) is 5.41 Å². The molecular weight excluding hydrogens is 270 g/mol. The third-order valence-corrected chi connectivity index (χ3v) is 3.88. The normalized spacial score (nSPS) is 11.9. The van der Waals surface area contributed by atoms with Crippen molar-refractivity contribution in [2.24, 2.45) is 0 Å². The highest BCUT2D eigenvalue weighted by molar-refractivity contribution is 7.94. The smallest absolute Gasteiger partial charge is 0.199 e. The standard InChI is InChI=1S/C14H10F2O2S/c15-12-3-1-11(2-4-12)9-10-19(17,18)14-7-5-13(16)6-8-14/h1-10H/b10-9+. The molecule has 0 radical (unpaired) electrons. The van der Waals surface area contributed by atoms with Gasteiger partial charge in [0.05, 0.1) is 4.90 Å². The summed E-state index contributed by atoms with van der Waals surface area (Å²) in [5.41, 5.74) is 0.562. The van der Waals surface area contributed by atoms with Gasteiger partial charge in [0.15, 0.2) is 9.84 Å². The van der Waals surface area contributed by atoms with E-state index in [9.17, 15) is 17.2 Å². The van der Waals surface area contributed by atoms with Crippen LogP contribution in [0, 0.1) is 11.6 Å². The second-order valence-corrected chi connectivity index (χ2v) is 5.69. The fourth-order valence-electron chi connectivity index (χ4n) is 1.44. The van der Waals surface area contributed by atoms with E-state index in [4.69, 9.17) is 0 Å². The molecule has 0 amide bonds. The Morgan fingerprint density at radius 3 is 1.79 bits per heavy atom. The average molecular weight is 280 g/mol. The van der Waals surface area contributed by atoms with Gasteiger partial charge in [-0.15, -0.1) is 0 Å². The van der Waals surface area contributed by atoms with E-state index in [1.54, 1.807) is 0 Å². The molecule has 2 aromatic rings. The van der Waals surface area contributed by atoms with Crippen molar-refractivity contribution in [1.29, 1.82) is 0 Å². The van der Waals surface area contributed by atoms with Gasteiger partial charge in [0.2, 0.25) is 0 Å². The van der Waals surface area contributed by atoms with Crippen LogP contribution >= 0.6 is 0 Å². The Balaban J connectivity index is 2.26. The van der Waals surface area contributed by atoms with Crippen molar-refractivity contribution in [1.82, 2.24) is 0 Å². The fraction of sp³-hybridized carbons (Fsp3) is 0. The van der Waals surface area contributed by atoms with E-state index in [-0.39, 0.29) is 4.90 Å².